The van der Waals surface area contributed by atoms with Gasteiger partial charge in [0.15, 0.2) is 6.61 Å². The second-order valence-corrected chi connectivity index (χ2v) is 6.58. The van der Waals surface area contributed by atoms with Gasteiger partial charge in [-0.2, -0.15) is 0 Å². The maximum absolute atomic E-state index is 13.6. The van der Waals surface area contributed by atoms with Crippen molar-refractivity contribution >= 4 is 29.2 Å². The van der Waals surface area contributed by atoms with Crippen LogP contribution < -0.4 is 19.7 Å². The smallest absolute Gasteiger partial charge is 0.311 e. The van der Waals surface area contributed by atoms with Crippen molar-refractivity contribution in [1.82, 2.24) is 0 Å². The number of halogens is 1. The Hall–Kier alpha value is -3.62. The van der Waals surface area contributed by atoms with Gasteiger partial charge in [-0.25, -0.2) is 4.39 Å². The van der Waals surface area contributed by atoms with Crippen LogP contribution in [-0.2, 0) is 19.1 Å². The van der Waals surface area contributed by atoms with Crippen LogP contribution in [0.25, 0.3) is 0 Å². The Morgan fingerprint density at radius 1 is 1.17 bits per heavy atom. The predicted octanol–water partition coefficient (Wildman–Crippen LogP) is 2.38. The van der Waals surface area contributed by atoms with Gasteiger partial charge in [0.1, 0.15) is 17.3 Å². The Morgan fingerprint density at radius 3 is 2.63 bits per heavy atom. The Balaban J connectivity index is 1.59. The number of carbonyl (C=O) groups excluding carboxylic acids is 3. The molecule has 0 radical (unpaired) electrons. The zero-order valence-corrected chi connectivity index (χ0v) is 16.5. The van der Waals surface area contributed by atoms with Crippen LogP contribution in [0.4, 0.5) is 15.8 Å². The molecular weight excluding hydrogens is 395 g/mol. The van der Waals surface area contributed by atoms with Gasteiger partial charge in [-0.3, -0.25) is 14.4 Å². The first kappa shape index (κ1) is 21.1. The molecule has 30 heavy (non-hydrogen) atoms. The number of rotatable bonds is 7. The van der Waals surface area contributed by atoms with E-state index in [0.717, 1.165) is 0 Å². The predicted molar refractivity (Wildman–Crippen MR) is 106 cm³/mol. The summed E-state index contributed by atoms with van der Waals surface area (Å²) in [5, 5.41) is 2.33. The lowest BCUT2D eigenvalue weighted by Gasteiger charge is -2.20. The van der Waals surface area contributed by atoms with E-state index in [0.29, 0.717) is 17.2 Å². The molecule has 9 heteroatoms. The Bertz CT molecular complexity index is 964. The normalized spacial score (nSPS) is 15.6. The average Bonchev–Trinajstić information content (AvgIpc) is 3.14. The second-order valence-electron chi connectivity index (χ2n) is 6.58. The summed E-state index contributed by atoms with van der Waals surface area (Å²) in [6.07, 6.45) is -0.0526. The molecule has 1 N–H and O–H groups in total. The molecule has 1 atom stereocenters. The van der Waals surface area contributed by atoms with E-state index in [9.17, 15) is 18.8 Å². The zero-order valence-electron chi connectivity index (χ0n) is 16.5. The molecule has 158 valence electrons. The standard InChI is InChI=1S/C21H21FN2O6/c1-28-14-7-8-17(18(10-14)29-2)24-11-13(9-20(24)26)21(27)30-12-19(25)23-16-6-4-3-5-15(16)22/h3-8,10,13H,9,11-12H2,1-2H3,(H,23,25)/t13-/m1/s1. The van der Waals surface area contributed by atoms with Gasteiger partial charge in [-0.05, 0) is 24.3 Å². The highest BCUT2D eigenvalue weighted by molar-refractivity contribution is 6.01. The molecule has 0 aliphatic carbocycles. The molecule has 0 bridgehead atoms. The minimum Gasteiger partial charge on any atom is -0.497 e. The van der Waals surface area contributed by atoms with Gasteiger partial charge in [-0.15, -0.1) is 0 Å². The van der Waals surface area contributed by atoms with E-state index < -0.39 is 30.2 Å². The number of carbonyl (C=O) groups is 3. The molecule has 1 fully saturated rings. The fourth-order valence-corrected chi connectivity index (χ4v) is 3.11. The molecule has 0 spiro atoms. The molecule has 2 aromatic rings. The van der Waals surface area contributed by atoms with Crippen LogP contribution in [0, 0.1) is 11.7 Å². The molecule has 0 aromatic heterocycles. The fraction of sp³-hybridized carbons (Fsp3) is 0.286. The fourth-order valence-electron chi connectivity index (χ4n) is 3.11. The number of hydrogen-bond donors (Lipinski definition) is 1. The van der Waals surface area contributed by atoms with Gasteiger partial charge in [-0.1, -0.05) is 12.1 Å². The van der Waals surface area contributed by atoms with Crippen molar-refractivity contribution in [1.29, 1.82) is 0 Å². The zero-order chi connectivity index (χ0) is 21.7. The Labute approximate surface area is 172 Å². The van der Waals surface area contributed by atoms with E-state index in [2.05, 4.69) is 5.32 Å². The summed E-state index contributed by atoms with van der Waals surface area (Å²) in [4.78, 5) is 38.1. The van der Waals surface area contributed by atoms with Crippen molar-refractivity contribution in [2.24, 2.45) is 5.92 Å². The number of amides is 2. The van der Waals surface area contributed by atoms with Gasteiger partial charge < -0.3 is 24.4 Å². The third-order valence-corrected chi connectivity index (χ3v) is 4.63. The number of anilines is 2. The summed E-state index contributed by atoms with van der Waals surface area (Å²) in [6, 6.07) is 10.7. The summed E-state index contributed by atoms with van der Waals surface area (Å²) >= 11 is 0. The number of ether oxygens (including phenoxy) is 3. The average molecular weight is 416 g/mol. The molecule has 2 aromatic carbocycles. The van der Waals surface area contributed by atoms with Gasteiger partial charge in [0.2, 0.25) is 5.91 Å². The molecule has 0 unspecified atom stereocenters. The molecule has 1 aliphatic rings. The minimum atomic E-state index is -0.731. The highest BCUT2D eigenvalue weighted by Crippen LogP contribution is 2.36. The van der Waals surface area contributed by atoms with Gasteiger partial charge in [0.25, 0.3) is 5.91 Å². The summed E-state index contributed by atoms with van der Waals surface area (Å²) in [5.41, 5.74) is 0.503. The van der Waals surface area contributed by atoms with Crippen molar-refractivity contribution in [3.05, 3.63) is 48.3 Å². The number of hydrogen-bond acceptors (Lipinski definition) is 6. The summed E-state index contributed by atoms with van der Waals surface area (Å²) in [7, 11) is 2.99. The number of nitrogens with one attached hydrogen (secondary N) is 1. The molecular formula is C21H21FN2O6. The van der Waals surface area contributed by atoms with E-state index in [1.54, 1.807) is 24.3 Å². The highest BCUT2D eigenvalue weighted by atomic mass is 19.1. The molecule has 0 saturated carbocycles. The van der Waals surface area contributed by atoms with Crippen molar-refractivity contribution in [2.75, 3.05) is 37.6 Å². The van der Waals surface area contributed by atoms with Crippen molar-refractivity contribution in [2.45, 2.75) is 6.42 Å². The quantitative estimate of drug-likeness (QED) is 0.697. The summed E-state index contributed by atoms with van der Waals surface area (Å²) < 4.78 is 29.1. The van der Waals surface area contributed by atoms with E-state index >= 15 is 0 Å². The third kappa shape index (κ3) is 4.68. The van der Waals surface area contributed by atoms with E-state index in [-0.39, 0.29) is 24.6 Å². The lowest BCUT2D eigenvalue weighted by Crippen LogP contribution is -2.28. The van der Waals surface area contributed by atoms with Crippen molar-refractivity contribution < 1.29 is 33.0 Å². The summed E-state index contributed by atoms with van der Waals surface area (Å²) in [6.45, 7) is -0.487. The lowest BCUT2D eigenvalue weighted by molar-refractivity contribution is -0.151. The number of nitrogens with zero attached hydrogens (tertiary/aromatic N) is 1. The highest BCUT2D eigenvalue weighted by Gasteiger charge is 2.37. The van der Waals surface area contributed by atoms with Crippen molar-refractivity contribution in [3.63, 3.8) is 0 Å². The van der Waals surface area contributed by atoms with Crippen LogP contribution in [0.5, 0.6) is 11.5 Å². The number of esters is 1. The largest absolute Gasteiger partial charge is 0.497 e. The third-order valence-electron chi connectivity index (χ3n) is 4.63. The Morgan fingerprint density at radius 2 is 1.93 bits per heavy atom. The lowest BCUT2D eigenvalue weighted by atomic mass is 10.1. The maximum Gasteiger partial charge on any atom is 0.311 e. The first-order valence-corrected chi connectivity index (χ1v) is 9.16. The molecule has 1 aliphatic heterocycles. The molecule has 1 heterocycles. The van der Waals surface area contributed by atoms with Crippen LogP contribution in [-0.4, -0.2) is 45.2 Å². The molecule has 2 amide bonds. The van der Waals surface area contributed by atoms with Crippen LogP contribution in [0.1, 0.15) is 6.42 Å². The maximum atomic E-state index is 13.6. The first-order valence-electron chi connectivity index (χ1n) is 9.16. The van der Waals surface area contributed by atoms with Crippen LogP contribution in [0.3, 0.4) is 0 Å². The summed E-state index contributed by atoms with van der Waals surface area (Å²) in [5.74, 6) is -1.95. The number of para-hydroxylation sites is 1. The van der Waals surface area contributed by atoms with Crippen LogP contribution >= 0.6 is 0 Å². The van der Waals surface area contributed by atoms with Gasteiger partial charge in [0, 0.05) is 19.0 Å². The monoisotopic (exact) mass is 416 g/mol. The van der Waals surface area contributed by atoms with Gasteiger partial charge >= 0.3 is 5.97 Å². The van der Waals surface area contributed by atoms with Crippen LogP contribution in [0.15, 0.2) is 42.5 Å². The topological polar surface area (TPSA) is 94.2 Å². The van der Waals surface area contributed by atoms with E-state index in [4.69, 9.17) is 14.2 Å². The van der Waals surface area contributed by atoms with E-state index in [1.165, 1.54) is 37.3 Å². The number of benzene rings is 2. The van der Waals surface area contributed by atoms with Crippen molar-refractivity contribution in [3.8, 4) is 11.5 Å². The first-order chi connectivity index (χ1) is 14.4. The number of methoxy groups -OCH3 is 2. The second kappa shape index (κ2) is 9.25. The molecule has 3 rings (SSSR count). The minimum absolute atomic E-state index is 0.00707. The SMILES string of the molecule is COc1ccc(N2C[C@H](C(=O)OCC(=O)Nc3ccccc3F)CC2=O)c(OC)c1. The molecule has 1 saturated heterocycles. The van der Waals surface area contributed by atoms with E-state index in [1.807, 2.05) is 0 Å². The van der Waals surface area contributed by atoms with Gasteiger partial charge in [0.05, 0.1) is 31.5 Å². The van der Waals surface area contributed by atoms with Crippen LogP contribution in [0.2, 0.25) is 0 Å². The Kier molecular flexibility index (Phi) is 6.51. The molecule has 8 nitrogen and oxygen atoms in total.